The molecule has 0 saturated heterocycles. The van der Waals surface area contributed by atoms with Crippen LogP contribution in [0.4, 0.5) is 11.5 Å². The lowest BCUT2D eigenvalue weighted by molar-refractivity contribution is 0.0951. The molecule has 1 amide bonds. The summed E-state index contributed by atoms with van der Waals surface area (Å²) in [5.41, 5.74) is 6.51. The van der Waals surface area contributed by atoms with Crippen molar-refractivity contribution in [2.45, 2.75) is 24.9 Å². The van der Waals surface area contributed by atoms with E-state index >= 15 is 0 Å². The number of sulfone groups is 1. The number of carbonyl (C=O) groups excluding carboxylic acids is 1. The summed E-state index contributed by atoms with van der Waals surface area (Å²) in [4.78, 5) is 20.2. The van der Waals surface area contributed by atoms with Crippen LogP contribution in [0.1, 0.15) is 27.0 Å². The van der Waals surface area contributed by atoms with Crippen LogP contribution in [0.25, 0.3) is 11.1 Å². The van der Waals surface area contributed by atoms with E-state index in [4.69, 9.17) is 11.6 Å². The molecule has 0 atom stereocenters. The highest BCUT2D eigenvalue weighted by Gasteiger charge is 2.20. The van der Waals surface area contributed by atoms with Gasteiger partial charge in [0.05, 0.1) is 10.6 Å². The van der Waals surface area contributed by atoms with Crippen LogP contribution in [-0.4, -0.2) is 38.7 Å². The fourth-order valence-corrected chi connectivity index (χ4v) is 5.40. The second-order valence-electron chi connectivity index (χ2n) is 9.69. The number of hydrogen-bond donors (Lipinski definition) is 2. The fraction of sp³-hybridized carbons (Fsp3) is 0.200. The van der Waals surface area contributed by atoms with Gasteiger partial charge in [-0.15, -0.1) is 0 Å². The average Bonchev–Trinajstić information content (AvgIpc) is 2.93. The van der Waals surface area contributed by atoms with Gasteiger partial charge in [-0.3, -0.25) is 4.79 Å². The molecule has 0 radical (unpaired) electrons. The second-order valence-corrected chi connectivity index (χ2v) is 12.1. The minimum Gasteiger partial charge on any atom is -0.367 e. The van der Waals surface area contributed by atoms with E-state index < -0.39 is 9.84 Å². The van der Waals surface area contributed by atoms with E-state index in [9.17, 15) is 13.2 Å². The molecule has 0 bridgehead atoms. The predicted octanol–water partition coefficient (Wildman–Crippen LogP) is 5.48. The first-order valence-corrected chi connectivity index (χ1v) is 14.9. The number of rotatable bonds is 7. The number of nitrogens with zero attached hydrogens (tertiary/aromatic N) is 2. The third-order valence-corrected chi connectivity index (χ3v) is 8.18. The first-order chi connectivity index (χ1) is 18.7. The Kier molecular flexibility index (Phi) is 7.59. The first-order valence-electron chi connectivity index (χ1n) is 12.6. The number of anilines is 2. The summed E-state index contributed by atoms with van der Waals surface area (Å²) in [6.45, 7) is 4.73. The van der Waals surface area contributed by atoms with E-state index in [0.29, 0.717) is 5.56 Å². The van der Waals surface area contributed by atoms with Crippen molar-refractivity contribution in [3.63, 3.8) is 0 Å². The Morgan fingerprint density at radius 1 is 1.05 bits per heavy atom. The zero-order valence-electron chi connectivity index (χ0n) is 21.7. The summed E-state index contributed by atoms with van der Waals surface area (Å²) < 4.78 is 23.3. The third-order valence-electron chi connectivity index (χ3n) is 6.82. The smallest absolute Gasteiger partial charge is 0.251 e. The number of pyridine rings is 1. The van der Waals surface area contributed by atoms with E-state index in [0.717, 1.165) is 52.9 Å². The van der Waals surface area contributed by atoms with Crippen molar-refractivity contribution in [3.8, 4) is 11.1 Å². The number of aryl methyl sites for hydroxylation is 1. The van der Waals surface area contributed by atoms with E-state index in [1.807, 2.05) is 42.6 Å². The van der Waals surface area contributed by atoms with E-state index in [-0.39, 0.29) is 17.3 Å². The van der Waals surface area contributed by atoms with Gasteiger partial charge in [0.1, 0.15) is 5.82 Å². The van der Waals surface area contributed by atoms with Crippen LogP contribution < -0.4 is 15.5 Å². The maximum absolute atomic E-state index is 12.9. The van der Waals surface area contributed by atoms with Crippen molar-refractivity contribution >= 4 is 38.9 Å². The molecule has 200 valence electrons. The molecule has 9 heteroatoms. The highest BCUT2D eigenvalue weighted by molar-refractivity contribution is 7.90. The number of nitrogens with one attached hydrogen (secondary N) is 2. The van der Waals surface area contributed by atoms with Gasteiger partial charge in [-0.2, -0.15) is 0 Å². The van der Waals surface area contributed by atoms with Gasteiger partial charge in [-0.25, -0.2) is 13.4 Å². The maximum Gasteiger partial charge on any atom is 0.251 e. The molecule has 39 heavy (non-hydrogen) atoms. The Labute approximate surface area is 233 Å². The Morgan fingerprint density at radius 3 is 2.62 bits per heavy atom. The number of benzene rings is 3. The van der Waals surface area contributed by atoms with Crippen molar-refractivity contribution in [2.24, 2.45) is 0 Å². The molecule has 3 aromatic carbocycles. The topological polar surface area (TPSA) is 91.4 Å². The number of hydrogen-bond acceptors (Lipinski definition) is 6. The van der Waals surface area contributed by atoms with Crippen molar-refractivity contribution in [1.29, 1.82) is 0 Å². The Morgan fingerprint density at radius 2 is 1.85 bits per heavy atom. The molecular formula is C30H29ClN4O3S. The van der Waals surface area contributed by atoms with Crippen LogP contribution >= 0.6 is 11.6 Å². The standard InChI is InChI=1S/C30H29ClN4O3S/c1-20-6-9-26(31)15-25(20)19-35-13-12-32-29-28(35)16-24(18-33-29)22-4-3-5-23(14-22)30(36)34-17-21-7-10-27(11-8-21)39(2,37)38/h3-11,14-16,18H,12-13,17,19H2,1-2H3,(H,32,33)(H,34,36). The molecule has 4 aromatic rings. The molecule has 1 aliphatic rings. The van der Waals surface area contributed by atoms with Gasteiger partial charge in [-0.1, -0.05) is 41.9 Å². The normalized spacial score (nSPS) is 12.9. The first kappa shape index (κ1) is 26.7. The summed E-state index contributed by atoms with van der Waals surface area (Å²) in [7, 11) is -3.26. The quantitative estimate of drug-likeness (QED) is 0.311. The zero-order chi connectivity index (χ0) is 27.6. The molecule has 2 heterocycles. The predicted molar refractivity (Wildman–Crippen MR) is 156 cm³/mol. The van der Waals surface area contributed by atoms with Crippen molar-refractivity contribution in [1.82, 2.24) is 10.3 Å². The van der Waals surface area contributed by atoms with Crippen LogP contribution in [-0.2, 0) is 22.9 Å². The molecule has 0 aliphatic carbocycles. The largest absolute Gasteiger partial charge is 0.367 e. The molecule has 1 aromatic heterocycles. The molecule has 1 aliphatic heterocycles. The third kappa shape index (κ3) is 6.24. The fourth-order valence-electron chi connectivity index (χ4n) is 4.58. The number of fused-ring (bicyclic) bond motifs is 1. The molecular weight excluding hydrogens is 532 g/mol. The van der Waals surface area contributed by atoms with Crippen LogP contribution in [0, 0.1) is 6.92 Å². The van der Waals surface area contributed by atoms with E-state index in [1.54, 1.807) is 30.3 Å². The average molecular weight is 561 g/mol. The van der Waals surface area contributed by atoms with Gasteiger partial charge in [0.25, 0.3) is 5.91 Å². The lowest BCUT2D eigenvalue weighted by Crippen LogP contribution is -2.34. The number of aromatic nitrogens is 1. The molecule has 2 N–H and O–H groups in total. The van der Waals surface area contributed by atoms with Crippen molar-refractivity contribution < 1.29 is 13.2 Å². The molecule has 7 nitrogen and oxygen atoms in total. The SMILES string of the molecule is Cc1ccc(Cl)cc1CN1CCNc2ncc(-c3cccc(C(=O)NCc4ccc(S(C)(=O)=O)cc4)c3)cc21. The minimum absolute atomic E-state index is 0.213. The highest BCUT2D eigenvalue weighted by Crippen LogP contribution is 2.33. The van der Waals surface area contributed by atoms with Crippen LogP contribution in [0.3, 0.4) is 0 Å². The second kappa shape index (κ2) is 11.1. The summed E-state index contributed by atoms with van der Waals surface area (Å²) >= 11 is 6.26. The molecule has 0 fully saturated rings. The highest BCUT2D eigenvalue weighted by atomic mass is 35.5. The van der Waals surface area contributed by atoms with E-state index in [1.165, 1.54) is 17.4 Å². The van der Waals surface area contributed by atoms with Gasteiger partial charge in [0, 0.05) is 54.8 Å². The summed E-state index contributed by atoms with van der Waals surface area (Å²) in [6.07, 6.45) is 2.99. The number of halogens is 1. The Balaban J connectivity index is 1.33. The Bertz CT molecular complexity index is 1640. The van der Waals surface area contributed by atoms with Gasteiger partial charge in [-0.05, 0) is 71.6 Å². The van der Waals surface area contributed by atoms with Gasteiger partial charge in [0.2, 0.25) is 0 Å². The van der Waals surface area contributed by atoms with Crippen molar-refractivity contribution in [3.05, 3.63) is 106 Å². The summed E-state index contributed by atoms with van der Waals surface area (Å²) in [5.74, 6) is 0.621. The number of amides is 1. The molecule has 0 spiro atoms. The van der Waals surface area contributed by atoms with Gasteiger partial charge < -0.3 is 15.5 Å². The van der Waals surface area contributed by atoms with Crippen LogP contribution in [0.5, 0.6) is 0 Å². The maximum atomic E-state index is 12.9. The van der Waals surface area contributed by atoms with Gasteiger partial charge >= 0.3 is 0 Å². The molecule has 0 saturated carbocycles. The molecule has 5 rings (SSSR count). The van der Waals surface area contributed by atoms with Crippen LogP contribution in [0.15, 0.2) is 83.9 Å². The summed E-state index contributed by atoms with van der Waals surface area (Å²) in [6, 6.07) is 22.0. The van der Waals surface area contributed by atoms with Crippen molar-refractivity contribution in [2.75, 3.05) is 29.6 Å². The minimum atomic E-state index is -3.26. The number of carbonyl (C=O) groups is 1. The summed E-state index contributed by atoms with van der Waals surface area (Å²) in [5, 5.41) is 7.01. The lowest BCUT2D eigenvalue weighted by atomic mass is 10.0. The zero-order valence-corrected chi connectivity index (χ0v) is 23.3. The molecule has 0 unspecified atom stereocenters. The van der Waals surface area contributed by atoms with E-state index in [2.05, 4.69) is 33.5 Å². The Hall–Kier alpha value is -3.88. The van der Waals surface area contributed by atoms with Crippen LogP contribution in [0.2, 0.25) is 5.02 Å². The van der Waals surface area contributed by atoms with Gasteiger partial charge in [0.15, 0.2) is 9.84 Å². The lowest BCUT2D eigenvalue weighted by Gasteiger charge is -2.32. The monoisotopic (exact) mass is 560 g/mol.